The second-order valence-electron chi connectivity index (χ2n) is 5.64. The van der Waals surface area contributed by atoms with E-state index in [1.807, 2.05) is 61.5 Å². The summed E-state index contributed by atoms with van der Waals surface area (Å²) in [5.74, 6) is 0.705. The van der Waals surface area contributed by atoms with Gasteiger partial charge in [-0.3, -0.25) is 0 Å². The number of fused-ring (bicyclic) bond motifs is 1. The maximum absolute atomic E-state index is 6.49. The molecular formula is C20H18Cl2N2O. The van der Waals surface area contributed by atoms with E-state index in [9.17, 15) is 0 Å². The number of aryl methyl sites for hydroxylation is 1. The number of benzene rings is 2. The molecule has 5 heteroatoms. The molecule has 0 bridgehead atoms. The molecule has 0 saturated carbocycles. The van der Waals surface area contributed by atoms with Crippen molar-refractivity contribution in [2.45, 2.75) is 13.5 Å². The number of hydrogen-bond acceptors (Lipinski definition) is 3. The largest absolute Gasteiger partial charge is 0.487 e. The van der Waals surface area contributed by atoms with Crippen LogP contribution in [0.2, 0.25) is 10.0 Å². The number of rotatable bonds is 5. The zero-order valence-corrected chi connectivity index (χ0v) is 15.3. The normalized spacial score (nSPS) is 11.4. The van der Waals surface area contributed by atoms with Crippen molar-refractivity contribution in [1.82, 2.24) is 4.98 Å². The van der Waals surface area contributed by atoms with Gasteiger partial charge in [0.05, 0.1) is 5.02 Å². The Kier molecular flexibility index (Phi) is 5.59. The van der Waals surface area contributed by atoms with Gasteiger partial charge >= 0.3 is 0 Å². The van der Waals surface area contributed by atoms with Gasteiger partial charge in [0, 0.05) is 28.2 Å². The molecule has 0 fully saturated rings. The third-order valence-electron chi connectivity index (χ3n) is 3.84. The number of aromatic nitrogens is 1. The van der Waals surface area contributed by atoms with E-state index in [4.69, 9.17) is 33.7 Å². The van der Waals surface area contributed by atoms with Crippen LogP contribution in [0.4, 0.5) is 0 Å². The first-order chi connectivity index (χ1) is 12.1. The third kappa shape index (κ3) is 3.96. The molecule has 0 aliphatic rings. The van der Waals surface area contributed by atoms with Crippen molar-refractivity contribution >= 4 is 40.2 Å². The van der Waals surface area contributed by atoms with Crippen LogP contribution in [0.15, 0.2) is 48.5 Å². The van der Waals surface area contributed by atoms with Crippen molar-refractivity contribution in [2.24, 2.45) is 5.73 Å². The lowest BCUT2D eigenvalue weighted by atomic mass is 10.1. The SMILES string of the molecule is Cc1ccc2cccc(OCc3c(Cl)ccc(/C=C\CN)c3Cl)c2n1. The molecular weight excluding hydrogens is 355 g/mol. The lowest BCUT2D eigenvalue weighted by Crippen LogP contribution is -2.00. The standard InChI is InChI=1S/C20H18Cl2N2O/c1-13-7-8-15-4-2-6-18(20(15)24-13)25-12-16-17(21)10-9-14(19(16)22)5-3-11-23/h2-10H,11-12,23H2,1H3/b5-3-. The first-order valence-electron chi connectivity index (χ1n) is 7.93. The van der Waals surface area contributed by atoms with Crippen LogP contribution in [0.3, 0.4) is 0 Å². The predicted molar refractivity (Wildman–Crippen MR) is 105 cm³/mol. The molecule has 1 heterocycles. The fraction of sp³-hybridized carbons (Fsp3) is 0.150. The highest BCUT2D eigenvalue weighted by Crippen LogP contribution is 2.31. The number of nitrogens with two attached hydrogens (primary N) is 1. The van der Waals surface area contributed by atoms with Crippen molar-refractivity contribution in [2.75, 3.05) is 6.54 Å². The van der Waals surface area contributed by atoms with Gasteiger partial charge in [-0.05, 0) is 30.7 Å². The van der Waals surface area contributed by atoms with Crippen LogP contribution < -0.4 is 10.5 Å². The van der Waals surface area contributed by atoms with Crippen LogP contribution in [-0.2, 0) is 6.61 Å². The van der Waals surface area contributed by atoms with Gasteiger partial charge in [0.1, 0.15) is 17.9 Å². The minimum absolute atomic E-state index is 0.261. The van der Waals surface area contributed by atoms with Gasteiger partial charge in [0.2, 0.25) is 0 Å². The Bertz CT molecular complexity index is 938. The van der Waals surface area contributed by atoms with E-state index in [1.54, 1.807) is 0 Å². The summed E-state index contributed by atoms with van der Waals surface area (Å²) in [5.41, 5.74) is 8.88. The number of nitrogens with zero attached hydrogens (tertiary/aromatic N) is 1. The smallest absolute Gasteiger partial charge is 0.146 e. The topological polar surface area (TPSA) is 48.1 Å². The summed E-state index contributed by atoms with van der Waals surface area (Å²) in [6.45, 7) is 2.67. The Balaban J connectivity index is 1.92. The van der Waals surface area contributed by atoms with Crippen molar-refractivity contribution in [3.63, 3.8) is 0 Å². The first kappa shape index (κ1) is 17.7. The first-order valence-corrected chi connectivity index (χ1v) is 8.68. The molecule has 2 N–H and O–H groups in total. The van der Waals surface area contributed by atoms with Gasteiger partial charge in [0.25, 0.3) is 0 Å². The van der Waals surface area contributed by atoms with E-state index in [0.717, 1.165) is 27.7 Å². The Labute approximate surface area is 157 Å². The molecule has 0 saturated heterocycles. The van der Waals surface area contributed by atoms with E-state index in [0.29, 0.717) is 22.3 Å². The molecule has 0 spiro atoms. The van der Waals surface area contributed by atoms with E-state index in [-0.39, 0.29) is 6.61 Å². The molecule has 0 radical (unpaired) electrons. The molecule has 0 atom stereocenters. The summed E-state index contributed by atoms with van der Waals surface area (Å²) in [6, 6.07) is 13.5. The van der Waals surface area contributed by atoms with Crippen molar-refractivity contribution < 1.29 is 4.74 Å². The Hall–Kier alpha value is -2.07. The van der Waals surface area contributed by atoms with E-state index >= 15 is 0 Å². The highest BCUT2D eigenvalue weighted by Gasteiger charge is 2.12. The average Bonchev–Trinajstić information content (AvgIpc) is 2.61. The minimum Gasteiger partial charge on any atom is -0.487 e. The number of hydrogen-bond donors (Lipinski definition) is 1. The molecule has 2 aromatic carbocycles. The highest BCUT2D eigenvalue weighted by atomic mass is 35.5. The maximum atomic E-state index is 6.49. The van der Waals surface area contributed by atoms with E-state index in [2.05, 4.69) is 4.98 Å². The van der Waals surface area contributed by atoms with E-state index < -0.39 is 0 Å². The second-order valence-corrected chi connectivity index (χ2v) is 6.42. The van der Waals surface area contributed by atoms with Crippen molar-refractivity contribution in [3.8, 4) is 5.75 Å². The second kappa shape index (κ2) is 7.87. The summed E-state index contributed by atoms with van der Waals surface area (Å²) in [5, 5.41) is 2.17. The van der Waals surface area contributed by atoms with Crippen molar-refractivity contribution in [1.29, 1.82) is 0 Å². The zero-order chi connectivity index (χ0) is 17.8. The van der Waals surface area contributed by atoms with Gasteiger partial charge in [-0.2, -0.15) is 0 Å². The lowest BCUT2D eigenvalue weighted by Gasteiger charge is -2.13. The number of para-hydroxylation sites is 1. The summed E-state index contributed by atoms with van der Waals surface area (Å²) >= 11 is 12.8. The lowest BCUT2D eigenvalue weighted by molar-refractivity contribution is 0.309. The molecule has 3 nitrogen and oxygen atoms in total. The van der Waals surface area contributed by atoms with Gasteiger partial charge in [-0.1, -0.05) is 59.6 Å². The zero-order valence-electron chi connectivity index (χ0n) is 13.8. The number of pyridine rings is 1. The molecule has 128 valence electrons. The summed E-state index contributed by atoms with van der Waals surface area (Å²) in [7, 11) is 0. The molecule has 0 unspecified atom stereocenters. The molecule has 0 aliphatic heterocycles. The Morgan fingerprint density at radius 3 is 2.76 bits per heavy atom. The van der Waals surface area contributed by atoms with Gasteiger partial charge in [-0.25, -0.2) is 4.98 Å². The van der Waals surface area contributed by atoms with Crippen LogP contribution in [0.25, 0.3) is 17.0 Å². The monoisotopic (exact) mass is 372 g/mol. The van der Waals surface area contributed by atoms with Crippen LogP contribution in [-0.4, -0.2) is 11.5 Å². The highest BCUT2D eigenvalue weighted by molar-refractivity contribution is 6.36. The number of ether oxygens (including phenoxy) is 1. The summed E-state index contributed by atoms with van der Waals surface area (Å²) < 4.78 is 6.00. The molecule has 0 aliphatic carbocycles. The minimum atomic E-state index is 0.261. The number of halogens is 2. The van der Waals surface area contributed by atoms with Crippen LogP contribution in [0.5, 0.6) is 5.75 Å². The van der Waals surface area contributed by atoms with Gasteiger partial charge < -0.3 is 10.5 Å². The molecule has 0 amide bonds. The van der Waals surface area contributed by atoms with Crippen LogP contribution >= 0.6 is 23.2 Å². The quantitative estimate of drug-likeness (QED) is 0.651. The van der Waals surface area contributed by atoms with Crippen molar-refractivity contribution in [3.05, 3.63) is 75.4 Å². The molecule has 3 rings (SSSR count). The predicted octanol–water partition coefficient (Wildman–Crippen LogP) is 5.40. The fourth-order valence-electron chi connectivity index (χ4n) is 2.56. The molecule has 1 aromatic heterocycles. The summed E-state index contributed by atoms with van der Waals surface area (Å²) in [4.78, 5) is 4.57. The third-order valence-corrected chi connectivity index (χ3v) is 4.64. The Morgan fingerprint density at radius 2 is 1.96 bits per heavy atom. The van der Waals surface area contributed by atoms with Gasteiger partial charge in [-0.15, -0.1) is 0 Å². The van der Waals surface area contributed by atoms with Gasteiger partial charge in [0.15, 0.2) is 0 Å². The average molecular weight is 373 g/mol. The van der Waals surface area contributed by atoms with Crippen LogP contribution in [0, 0.1) is 6.92 Å². The molecule has 3 aromatic rings. The van der Waals surface area contributed by atoms with E-state index in [1.165, 1.54) is 0 Å². The summed E-state index contributed by atoms with van der Waals surface area (Å²) in [6.07, 6.45) is 3.72. The van der Waals surface area contributed by atoms with Crippen LogP contribution in [0.1, 0.15) is 16.8 Å². The Morgan fingerprint density at radius 1 is 1.12 bits per heavy atom. The fourth-order valence-corrected chi connectivity index (χ4v) is 3.10. The molecule has 25 heavy (non-hydrogen) atoms. The maximum Gasteiger partial charge on any atom is 0.146 e.